The van der Waals surface area contributed by atoms with Gasteiger partial charge in [-0.15, -0.1) is 0 Å². The summed E-state index contributed by atoms with van der Waals surface area (Å²) in [6.45, 7) is 0.224. The minimum Gasteiger partial charge on any atom is -0.457 e. The molecule has 3 rings (SSSR count). The van der Waals surface area contributed by atoms with Crippen molar-refractivity contribution in [3.63, 3.8) is 0 Å². The third-order valence-corrected chi connectivity index (χ3v) is 4.02. The van der Waals surface area contributed by atoms with E-state index in [1.54, 1.807) is 18.3 Å². The summed E-state index contributed by atoms with van der Waals surface area (Å²) in [5.41, 5.74) is 8.63. The van der Waals surface area contributed by atoms with Gasteiger partial charge in [0.05, 0.1) is 5.56 Å². The molecule has 0 fully saturated rings. The highest BCUT2D eigenvalue weighted by molar-refractivity contribution is 9.10. The van der Waals surface area contributed by atoms with Crippen LogP contribution in [-0.4, -0.2) is 11.0 Å². The third kappa shape index (κ3) is 2.78. The lowest BCUT2D eigenvalue weighted by molar-refractivity contribution is 0.0474. The number of carbonyl (C=O) groups is 1. The predicted molar refractivity (Wildman–Crippen MR) is 86.0 cm³/mol. The molecule has 0 bridgehead atoms. The number of carbonyl (C=O) groups excluding carboxylic acids is 1. The van der Waals surface area contributed by atoms with E-state index in [9.17, 15) is 4.79 Å². The SMILES string of the molecule is Nc1ccc2c(C(=O)OCc3ccccc3Br)c[nH]c2c1. The molecule has 3 N–H and O–H groups in total. The van der Waals surface area contributed by atoms with Gasteiger partial charge in [0.25, 0.3) is 0 Å². The van der Waals surface area contributed by atoms with Crippen LogP contribution in [0.25, 0.3) is 10.9 Å². The Morgan fingerprint density at radius 2 is 2.05 bits per heavy atom. The van der Waals surface area contributed by atoms with Crippen LogP contribution in [0.4, 0.5) is 5.69 Å². The minimum atomic E-state index is -0.359. The molecule has 1 heterocycles. The highest BCUT2D eigenvalue weighted by atomic mass is 79.9. The predicted octanol–water partition coefficient (Wildman–Crippen LogP) is 3.87. The first kappa shape index (κ1) is 13.7. The summed E-state index contributed by atoms with van der Waals surface area (Å²) in [6, 6.07) is 13.0. The Kier molecular flexibility index (Phi) is 3.66. The van der Waals surface area contributed by atoms with Crippen LogP contribution in [0.15, 0.2) is 53.1 Å². The van der Waals surface area contributed by atoms with Crippen molar-refractivity contribution in [3.05, 3.63) is 64.3 Å². The molecule has 0 spiro atoms. The quantitative estimate of drug-likeness (QED) is 0.559. The average molecular weight is 345 g/mol. The fraction of sp³-hybridized carbons (Fsp3) is 0.0625. The van der Waals surface area contributed by atoms with Gasteiger partial charge in [-0.1, -0.05) is 34.1 Å². The number of esters is 1. The molecule has 0 aliphatic rings. The Bertz CT molecular complexity index is 811. The first-order chi connectivity index (χ1) is 10.1. The number of ether oxygens (including phenoxy) is 1. The highest BCUT2D eigenvalue weighted by Gasteiger charge is 2.14. The Morgan fingerprint density at radius 1 is 1.24 bits per heavy atom. The number of hydrogen-bond acceptors (Lipinski definition) is 3. The van der Waals surface area contributed by atoms with Crippen molar-refractivity contribution in [2.75, 3.05) is 5.73 Å². The molecule has 4 nitrogen and oxygen atoms in total. The Hall–Kier alpha value is -2.27. The van der Waals surface area contributed by atoms with Crippen molar-refractivity contribution < 1.29 is 9.53 Å². The summed E-state index contributed by atoms with van der Waals surface area (Å²) in [5.74, 6) is -0.359. The molecule has 106 valence electrons. The maximum Gasteiger partial charge on any atom is 0.340 e. The number of aromatic nitrogens is 1. The molecule has 0 aliphatic carbocycles. The second-order valence-electron chi connectivity index (χ2n) is 4.67. The Labute approximate surface area is 130 Å². The molecule has 5 heteroatoms. The van der Waals surface area contributed by atoms with Crippen molar-refractivity contribution in [2.24, 2.45) is 0 Å². The van der Waals surface area contributed by atoms with Gasteiger partial charge >= 0.3 is 5.97 Å². The van der Waals surface area contributed by atoms with Crippen molar-refractivity contribution >= 4 is 38.5 Å². The minimum absolute atomic E-state index is 0.224. The Balaban J connectivity index is 1.80. The van der Waals surface area contributed by atoms with Gasteiger partial charge in [0.2, 0.25) is 0 Å². The molecule has 0 radical (unpaired) electrons. The number of anilines is 1. The maximum atomic E-state index is 12.2. The van der Waals surface area contributed by atoms with E-state index in [0.717, 1.165) is 20.9 Å². The first-order valence-electron chi connectivity index (χ1n) is 6.42. The number of hydrogen-bond donors (Lipinski definition) is 2. The number of benzene rings is 2. The van der Waals surface area contributed by atoms with E-state index in [4.69, 9.17) is 10.5 Å². The molecular weight excluding hydrogens is 332 g/mol. The summed E-state index contributed by atoms with van der Waals surface area (Å²) >= 11 is 3.43. The van der Waals surface area contributed by atoms with Gasteiger partial charge in [-0.2, -0.15) is 0 Å². The molecule has 3 aromatic rings. The smallest absolute Gasteiger partial charge is 0.340 e. The molecule has 0 amide bonds. The highest BCUT2D eigenvalue weighted by Crippen LogP contribution is 2.22. The largest absolute Gasteiger partial charge is 0.457 e. The zero-order chi connectivity index (χ0) is 14.8. The van der Waals surface area contributed by atoms with Crippen LogP contribution in [0.2, 0.25) is 0 Å². The molecule has 0 aliphatic heterocycles. The molecule has 21 heavy (non-hydrogen) atoms. The van der Waals surface area contributed by atoms with Crippen molar-refractivity contribution in [3.8, 4) is 0 Å². The molecule has 0 saturated carbocycles. The van der Waals surface area contributed by atoms with Crippen LogP contribution in [-0.2, 0) is 11.3 Å². The van der Waals surface area contributed by atoms with Gasteiger partial charge in [0.15, 0.2) is 0 Å². The fourth-order valence-corrected chi connectivity index (χ4v) is 2.55. The summed E-state index contributed by atoms with van der Waals surface area (Å²) in [7, 11) is 0. The van der Waals surface area contributed by atoms with E-state index >= 15 is 0 Å². The lowest BCUT2D eigenvalue weighted by Gasteiger charge is -2.06. The molecule has 0 unspecified atom stereocenters. The summed E-state index contributed by atoms with van der Waals surface area (Å²) < 4.78 is 6.29. The van der Waals surface area contributed by atoms with Crippen LogP contribution in [0, 0.1) is 0 Å². The van der Waals surface area contributed by atoms with E-state index in [1.165, 1.54) is 0 Å². The van der Waals surface area contributed by atoms with Crippen molar-refractivity contribution in [2.45, 2.75) is 6.61 Å². The number of H-pyrrole nitrogens is 1. The van der Waals surface area contributed by atoms with E-state index in [0.29, 0.717) is 11.3 Å². The summed E-state index contributed by atoms with van der Waals surface area (Å²) in [6.07, 6.45) is 1.65. The van der Waals surface area contributed by atoms with Crippen LogP contribution in [0.5, 0.6) is 0 Å². The van der Waals surface area contributed by atoms with Gasteiger partial charge in [0, 0.05) is 32.8 Å². The third-order valence-electron chi connectivity index (χ3n) is 3.24. The van der Waals surface area contributed by atoms with Crippen LogP contribution in [0.3, 0.4) is 0 Å². The summed E-state index contributed by atoms with van der Waals surface area (Å²) in [5, 5.41) is 0.807. The fourth-order valence-electron chi connectivity index (χ4n) is 2.15. The average Bonchev–Trinajstić information content (AvgIpc) is 2.89. The lowest BCUT2D eigenvalue weighted by Crippen LogP contribution is -2.04. The van der Waals surface area contributed by atoms with Crippen LogP contribution in [0.1, 0.15) is 15.9 Å². The number of nitrogens with two attached hydrogens (primary N) is 1. The van der Waals surface area contributed by atoms with Gasteiger partial charge < -0.3 is 15.5 Å². The van der Waals surface area contributed by atoms with Gasteiger partial charge in [-0.05, 0) is 24.3 Å². The molecule has 0 saturated heterocycles. The molecular formula is C16H13BrN2O2. The standard InChI is InChI=1S/C16H13BrN2O2/c17-14-4-2-1-3-10(14)9-21-16(20)13-8-19-15-7-11(18)5-6-12(13)15/h1-8,19H,9,18H2. The van der Waals surface area contributed by atoms with Gasteiger partial charge in [-0.3, -0.25) is 0 Å². The number of halogens is 1. The number of aromatic amines is 1. The first-order valence-corrected chi connectivity index (χ1v) is 7.21. The molecule has 0 atom stereocenters. The monoisotopic (exact) mass is 344 g/mol. The maximum absolute atomic E-state index is 12.2. The second kappa shape index (κ2) is 5.61. The van der Waals surface area contributed by atoms with Gasteiger partial charge in [0.1, 0.15) is 6.61 Å². The van der Waals surface area contributed by atoms with E-state index in [-0.39, 0.29) is 12.6 Å². The Morgan fingerprint density at radius 3 is 2.86 bits per heavy atom. The molecule has 1 aromatic heterocycles. The second-order valence-corrected chi connectivity index (χ2v) is 5.53. The van der Waals surface area contributed by atoms with Crippen molar-refractivity contribution in [1.82, 2.24) is 4.98 Å². The number of rotatable bonds is 3. The zero-order valence-corrected chi connectivity index (χ0v) is 12.7. The van der Waals surface area contributed by atoms with Gasteiger partial charge in [-0.25, -0.2) is 4.79 Å². The number of nitrogen functional groups attached to an aromatic ring is 1. The van der Waals surface area contributed by atoms with Crippen LogP contribution < -0.4 is 5.73 Å². The number of nitrogens with one attached hydrogen (secondary N) is 1. The lowest BCUT2D eigenvalue weighted by atomic mass is 10.1. The van der Waals surface area contributed by atoms with E-state index in [1.807, 2.05) is 30.3 Å². The van der Waals surface area contributed by atoms with E-state index < -0.39 is 0 Å². The zero-order valence-electron chi connectivity index (χ0n) is 11.1. The van der Waals surface area contributed by atoms with Crippen molar-refractivity contribution in [1.29, 1.82) is 0 Å². The topological polar surface area (TPSA) is 68.1 Å². The molecule has 2 aromatic carbocycles. The number of fused-ring (bicyclic) bond motifs is 1. The van der Waals surface area contributed by atoms with Crippen LogP contribution >= 0.6 is 15.9 Å². The summed E-state index contributed by atoms with van der Waals surface area (Å²) in [4.78, 5) is 15.2. The van der Waals surface area contributed by atoms with E-state index in [2.05, 4.69) is 20.9 Å². The normalized spacial score (nSPS) is 10.7.